The molecule has 3 aromatic rings. The first-order valence-corrected chi connectivity index (χ1v) is 18.6. The Labute approximate surface area is 293 Å². The van der Waals surface area contributed by atoms with Gasteiger partial charge in [-0.2, -0.15) is 0 Å². The number of rotatable bonds is 6. The van der Waals surface area contributed by atoms with Gasteiger partial charge in [0.25, 0.3) is 0 Å². The van der Waals surface area contributed by atoms with Gasteiger partial charge >= 0.3 is 0 Å². The summed E-state index contributed by atoms with van der Waals surface area (Å²) in [4.78, 5) is 10.2. The molecule has 0 bridgehead atoms. The van der Waals surface area contributed by atoms with Crippen molar-refractivity contribution in [2.75, 3.05) is 18.0 Å². The Bertz CT molecular complexity index is 1790. The number of anilines is 1. The van der Waals surface area contributed by atoms with Gasteiger partial charge in [-0.15, -0.1) is 13.0 Å². The lowest BCUT2D eigenvalue weighted by Crippen LogP contribution is -2.64. The van der Waals surface area contributed by atoms with Crippen molar-refractivity contribution in [1.82, 2.24) is 14.5 Å². The second kappa shape index (κ2) is 14.7. The van der Waals surface area contributed by atoms with E-state index >= 15 is 8.78 Å². The summed E-state index contributed by atoms with van der Waals surface area (Å²) < 4.78 is 32.7. The van der Waals surface area contributed by atoms with Crippen LogP contribution in [0, 0.1) is 42.3 Å². The van der Waals surface area contributed by atoms with Gasteiger partial charge < -0.3 is 9.47 Å². The molecule has 0 amide bonds. The Balaban J connectivity index is 0.000000792. The highest BCUT2D eigenvalue weighted by Gasteiger charge is 2.46. The molecule has 2 heterocycles. The van der Waals surface area contributed by atoms with E-state index in [1.807, 2.05) is 39.8 Å². The molecule has 8 rings (SSSR count). The number of fused-ring (bicyclic) bond motifs is 3. The van der Waals surface area contributed by atoms with Crippen LogP contribution in [-0.4, -0.2) is 39.6 Å². The molecule has 4 unspecified atom stereocenters. The molecular formula is C43H54F2N4. The van der Waals surface area contributed by atoms with E-state index in [1.54, 1.807) is 12.1 Å². The minimum Gasteiger partial charge on any atom is -0.365 e. The van der Waals surface area contributed by atoms with Crippen molar-refractivity contribution in [2.24, 2.45) is 17.3 Å². The standard InChI is InChI=1S/C38H42F2N4.C3H6.C2H6/c1-4-25-11-12-29(30(39)19-25)38(3)20-27-9-6-10-32(28(27)21-38)43-16-15-42(33-13-14-34(33)43)23-36-41-37-31(40)17-24(2)18-35(37)44(36)22-26-7-5-8-26;1-3-2;1-2/h1,6,9-12,17-18,25-26,33-34H,5,7-8,13-16,19-23H2,2-3H3;3H,1H2,2H3;1-2H3. The molecule has 49 heavy (non-hydrogen) atoms. The lowest BCUT2D eigenvalue weighted by molar-refractivity contribution is 0.0623. The van der Waals surface area contributed by atoms with Crippen molar-refractivity contribution in [1.29, 1.82) is 0 Å². The Morgan fingerprint density at radius 1 is 1.08 bits per heavy atom. The predicted molar refractivity (Wildman–Crippen MR) is 200 cm³/mol. The van der Waals surface area contributed by atoms with Gasteiger partial charge in [0.05, 0.1) is 12.1 Å². The molecule has 4 aliphatic carbocycles. The van der Waals surface area contributed by atoms with E-state index in [4.69, 9.17) is 11.4 Å². The zero-order valence-corrected chi connectivity index (χ0v) is 30.2. The van der Waals surface area contributed by atoms with Crippen LogP contribution in [0.3, 0.4) is 0 Å². The summed E-state index contributed by atoms with van der Waals surface area (Å²) in [6, 6.07) is 11.3. The lowest BCUT2D eigenvalue weighted by Gasteiger charge is -2.55. The molecule has 2 saturated carbocycles. The Morgan fingerprint density at radius 3 is 2.49 bits per heavy atom. The molecule has 3 fully saturated rings. The van der Waals surface area contributed by atoms with Gasteiger partial charge in [-0.05, 0) is 98.8 Å². The minimum atomic E-state index is -0.257. The third-order valence-electron chi connectivity index (χ3n) is 11.5. The van der Waals surface area contributed by atoms with Gasteiger partial charge in [-0.3, -0.25) is 4.90 Å². The van der Waals surface area contributed by atoms with Gasteiger partial charge in [0.1, 0.15) is 17.2 Å². The third kappa shape index (κ3) is 6.64. The highest BCUT2D eigenvalue weighted by atomic mass is 19.1. The molecule has 0 spiro atoms. The number of piperazine rings is 1. The highest BCUT2D eigenvalue weighted by Crippen LogP contribution is 2.50. The summed E-state index contributed by atoms with van der Waals surface area (Å²) in [6.45, 7) is 17.0. The van der Waals surface area contributed by atoms with Crippen LogP contribution >= 0.6 is 0 Å². The third-order valence-corrected chi connectivity index (χ3v) is 11.5. The smallest absolute Gasteiger partial charge is 0.151 e. The summed E-state index contributed by atoms with van der Waals surface area (Å²) in [6.07, 6.45) is 19.5. The number of benzene rings is 2. The maximum atomic E-state index is 15.3. The second-order valence-electron chi connectivity index (χ2n) is 14.8. The van der Waals surface area contributed by atoms with Gasteiger partial charge in [0.15, 0.2) is 5.82 Å². The second-order valence-corrected chi connectivity index (χ2v) is 14.8. The van der Waals surface area contributed by atoms with Crippen LogP contribution in [0.4, 0.5) is 14.5 Å². The van der Waals surface area contributed by atoms with E-state index in [1.165, 1.54) is 48.9 Å². The van der Waals surface area contributed by atoms with Crippen LogP contribution in [0.15, 0.2) is 66.5 Å². The summed E-state index contributed by atoms with van der Waals surface area (Å²) >= 11 is 0. The van der Waals surface area contributed by atoms with E-state index in [0.717, 1.165) is 61.5 Å². The molecular weight excluding hydrogens is 610 g/mol. The lowest BCUT2D eigenvalue weighted by atomic mass is 9.75. The predicted octanol–water partition coefficient (Wildman–Crippen LogP) is 9.89. The first kappa shape index (κ1) is 35.1. The number of halogens is 2. The molecule has 2 aromatic carbocycles. The maximum Gasteiger partial charge on any atom is 0.151 e. The van der Waals surface area contributed by atoms with Crippen molar-refractivity contribution >= 4 is 16.7 Å². The first-order chi connectivity index (χ1) is 23.7. The van der Waals surface area contributed by atoms with Crippen LogP contribution in [-0.2, 0) is 25.9 Å². The molecule has 4 atom stereocenters. The highest BCUT2D eigenvalue weighted by molar-refractivity contribution is 5.77. The molecule has 260 valence electrons. The number of allylic oxidation sites excluding steroid dienone is 5. The number of aryl methyl sites for hydroxylation is 1. The van der Waals surface area contributed by atoms with Crippen LogP contribution in [0.5, 0.6) is 0 Å². The molecule has 5 aliphatic rings. The summed E-state index contributed by atoms with van der Waals surface area (Å²) in [5.74, 6) is 3.97. The zero-order valence-electron chi connectivity index (χ0n) is 30.2. The number of nitrogens with zero attached hydrogens (tertiary/aromatic N) is 4. The van der Waals surface area contributed by atoms with Gasteiger partial charge in [-0.25, -0.2) is 13.8 Å². The summed E-state index contributed by atoms with van der Waals surface area (Å²) in [7, 11) is 0. The van der Waals surface area contributed by atoms with Crippen LogP contribution < -0.4 is 4.90 Å². The molecule has 4 nitrogen and oxygen atoms in total. The van der Waals surface area contributed by atoms with E-state index in [2.05, 4.69) is 58.1 Å². The molecule has 1 saturated heterocycles. The monoisotopic (exact) mass is 664 g/mol. The average Bonchev–Trinajstić information content (AvgIpc) is 3.58. The Morgan fingerprint density at radius 2 is 1.84 bits per heavy atom. The number of terminal acetylenes is 1. The molecule has 0 N–H and O–H groups in total. The van der Waals surface area contributed by atoms with Crippen LogP contribution in [0.1, 0.15) is 88.7 Å². The largest absolute Gasteiger partial charge is 0.365 e. The number of aromatic nitrogens is 2. The fourth-order valence-corrected chi connectivity index (χ4v) is 8.76. The van der Waals surface area contributed by atoms with E-state index in [0.29, 0.717) is 29.9 Å². The van der Waals surface area contributed by atoms with E-state index in [9.17, 15) is 0 Å². The quantitative estimate of drug-likeness (QED) is 0.194. The summed E-state index contributed by atoms with van der Waals surface area (Å²) in [5.41, 5.74) is 7.05. The number of hydrogen-bond acceptors (Lipinski definition) is 3. The van der Waals surface area contributed by atoms with Gasteiger partial charge in [0, 0.05) is 55.2 Å². The Hall–Kier alpha value is -3.69. The minimum absolute atomic E-state index is 0.0432. The molecule has 6 heteroatoms. The molecule has 0 radical (unpaired) electrons. The fourth-order valence-electron chi connectivity index (χ4n) is 8.76. The molecule has 1 aromatic heterocycles. The van der Waals surface area contributed by atoms with Crippen molar-refractivity contribution in [3.63, 3.8) is 0 Å². The Kier molecular flexibility index (Phi) is 10.5. The van der Waals surface area contributed by atoms with Crippen molar-refractivity contribution in [2.45, 2.75) is 111 Å². The van der Waals surface area contributed by atoms with E-state index < -0.39 is 0 Å². The first-order valence-electron chi connectivity index (χ1n) is 18.6. The van der Waals surface area contributed by atoms with Crippen molar-refractivity contribution in [3.05, 3.63) is 94.9 Å². The number of hydrogen-bond donors (Lipinski definition) is 0. The van der Waals surface area contributed by atoms with Crippen molar-refractivity contribution in [3.8, 4) is 12.3 Å². The van der Waals surface area contributed by atoms with Gasteiger partial charge in [0.2, 0.25) is 0 Å². The maximum absolute atomic E-state index is 15.3. The van der Waals surface area contributed by atoms with Gasteiger partial charge in [-0.1, -0.05) is 63.5 Å². The van der Waals surface area contributed by atoms with E-state index in [-0.39, 0.29) is 23.0 Å². The SMILES string of the molecule is C#CC1C=CC(C2(C)Cc3cccc(N4CCN(Cc5nc6c(F)cc(C)cc6n5CC5CCC5)C5CCC54)c3C2)=C(F)C1.C=CC.CC. The molecule has 1 aliphatic heterocycles. The normalized spacial score (nSPS) is 26.0. The topological polar surface area (TPSA) is 24.3 Å². The van der Waals surface area contributed by atoms with Crippen LogP contribution in [0.25, 0.3) is 11.0 Å². The van der Waals surface area contributed by atoms with Crippen LogP contribution in [0.2, 0.25) is 0 Å². The van der Waals surface area contributed by atoms with Crippen molar-refractivity contribution < 1.29 is 8.78 Å². The summed E-state index contributed by atoms with van der Waals surface area (Å²) in [5, 5.41) is 0. The zero-order chi connectivity index (χ0) is 34.9. The average molecular weight is 665 g/mol. The number of imidazole rings is 1. The fraction of sp³-hybridized carbons (Fsp3) is 0.512.